The van der Waals surface area contributed by atoms with Crippen LogP contribution in [0.3, 0.4) is 0 Å². The molecular weight excluding hydrogens is 360 g/mol. The molecule has 0 saturated heterocycles. The summed E-state index contributed by atoms with van der Waals surface area (Å²) in [6.45, 7) is 18.0. The van der Waals surface area contributed by atoms with Gasteiger partial charge in [0.05, 0.1) is 0 Å². The molecule has 30 heavy (non-hydrogen) atoms. The zero-order chi connectivity index (χ0) is 22.5. The van der Waals surface area contributed by atoms with Crippen LogP contribution in [0.4, 0.5) is 0 Å². The van der Waals surface area contributed by atoms with Crippen LogP contribution in [-0.4, -0.2) is 0 Å². The summed E-state index contributed by atoms with van der Waals surface area (Å²) in [5.41, 5.74) is 5.99. The van der Waals surface area contributed by atoms with E-state index < -0.39 is 0 Å². The van der Waals surface area contributed by atoms with Gasteiger partial charge in [0.25, 0.3) is 0 Å². The van der Waals surface area contributed by atoms with Gasteiger partial charge in [-0.3, -0.25) is 0 Å². The zero-order valence-corrected chi connectivity index (χ0v) is 21.2. The van der Waals surface area contributed by atoms with Crippen LogP contribution in [0.15, 0.2) is 70.9 Å². The first-order valence-corrected chi connectivity index (χ1v) is 12.2. The molecular formula is C30H48. The molecule has 0 N–H and O–H groups in total. The van der Waals surface area contributed by atoms with E-state index in [9.17, 15) is 0 Å². The molecule has 1 aliphatic carbocycles. The molecule has 0 aliphatic heterocycles. The molecule has 4 unspecified atom stereocenters. The van der Waals surface area contributed by atoms with Crippen molar-refractivity contribution < 1.29 is 0 Å². The zero-order valence-electron chi connectivity index (χ0n) is 21.2. The number of hydrogen-bond donors (Lipinski definition) is 0. The van der Waals surface area contributed by atoms with Gasteiger partial charge in [-0.25, -0.2) is 0 Å². The van der Waals surface area contributed by atoms with Crippen LogP contribution in [0, 0.1) is 23.7 Å². The third-order valence-corrected chi connectivity index (χ3v) is 6.58. The molecule has 1 rings (SSSR count). The van der Waals surface area contributed by atoms with E-state index in [4.69, 9.17) is 0 Å². The summed E-state index contributed by atoms with van der Waals surface area (Å²) in [6, 6.07) is 0. The van der Waals surface area contributed by atoms with Crippen molar-refractivity contribution in [3.8, 4) is 0 Å². The summed E-state index contributed by atoms with van der Waals surface area (Å²) in [6.07, 6.45) is 26.5. The molecule has 168 valence electrons. The van der Waals surface area contributed by atoms with Gasteiger partial charge in [-0.15, -0.1) is 0 Å². The van der Waals surface area contributed by atoms with Crippen LogP contribution in [0.5, 0.6) is 0 Å². The van der Waals surface area contributed by atoms with Gasteiger partial charge in [0.15, 0.2) is 0 Å². The summed E-state index contributed by atoms with van der Waals surface area (Å²) < 4.78 is 0. The Hall–Kier alpha value is -1.56. The van der Waals surface area contributed by atoms with Crippen molar-refractivity contribution >= 4 is 0 Å². The van der Waals surface area contributed by atoms with E-state index >= 15 is 0 Å². The van der Waals surface area contributed by atoms with Crippen LogP contribution in [-0.2, 0) is 0 Å². The van der Waals surface area contributed by atoms with Crippen molar-refractivity contribution in [1.82, 2.24) is 0 Å². The Kier molecular flexibility index (Phi) is 12.7. The molecule has 4 atom stereocenters. The highest BCUT2D eigenvalue weighted by Crippen LogP contribution is 2.44. The minimum Gasteiger partial charge on any atom is -0.0916 e. The van der Waals surface area contributed by atoms with Gasteiger partial charge < -0.3 is 0 Å². The molecule has 0 spiro atoms. The average molecular weight is 409 g/mol. The Morgan fingerprint density at radius 3 is 2.10 bits per heavy atom. The topological polar surface area (TPSA) is 0 Å². The van der Waals surface area contributed by atoms with Crippen molar-refractivity contribution in [2.24, 2.45) is 23.7 Å². The van der Waals surface area contributed by atoms with Gasteiger partial charge in [-0.1, -0.05) is 97.1 Å². The molecule has 0 aromatic carbocycles. The average Bonchev–Trinajstić information content (AvgIpc) is 2.69. The summed E-state index contributed by atoms with van der Waals surface area (Å²) in [4.78, 5) is 0. The monoisotopic (exact) mass is 408 g/mol. The maximum Gasteiger partial charge on any atom is -0.0102 e. The quantitative estimate of drug-likeness (QED) is 0.277. The maximum atomic E-state index is 2.51. The van der Waals surface area contributed by atoms with Crippen molar-refractivity contribution in [2.45, 2.75) is 93.9 Å². The van der Waals surface area contributed by atoms with Gasteiger partial charge in [0, 0.05) is 0 Å². The lowest BCUT2D eigenvalue weighted by atomic mass is 9.67. The maximum absolute atomic E-state index is 2.51. The molecule has 0 aromatic rings. The van der Waals surface area contributed by atoms with Crippen LogP contribution < -0.4 is 0 Å². The second-order valence-corrected chi connectivity index (χ2v) is 9.76. The smallest absolute Gasteiger partial charge is 0.0102 e. The van der Waals surface area contributed by atoms with Crippen LogP contribution in [0.25, 0.3) is 0 Å². The lowest BCUT2D eigenvalue weighted by Crippen LogP contribution is -2.27. The Morgan fingerprint density at radius 1 is 0.867 bits per heavy atom. The van der Waals surface area contributed by atoms with Crippen molar-refractivity contribution in [3.63, 3.8) is 0 Å². The SMILES string of the molecule is C/C=C/CC1/C(=C/C=C(C)C)C(C(C/C=C/C)/C(C)=C/C=C(C)C)CCCCC1C. The van der Waals surface area contributed by atoms with Crippen LogP contribution in [0.1, 0.15) is 93.9 Å². The first-order chi connectivity index (χ1) is 14.3. The Balaban J connectivity index is 3.54. The van der Waals surface area contributed by atoms with Gasteiger partial charge in [0.2, 0.25) is 0 Å². The fourth-order valence-corrected chi connectivity index (χ4v) is 4.77. The normalized spacial score (nSPS) is 25.9. The molecule has 0 bridgehead atoms. The third kappa shape index (κ3) is 9.07. The van der Waals surface area contributed by atoms with Gasteiger partial charge in [-0.2, -0.15) is 0 Å². The second-order valence-electron chi connectivity index (χ2n) is 9.76. The summed E-state index contributed by atoms with van der Waals surface area (Å²) in [5.74, 6) is 2.58. The predicted octanol–water partition coefficient (Wildman–Crippen LogP) is 9.78. The largest absolute Gasteiger partial charge is 0.0916 e. The van der Waals surface area contributed by atoms with E-state index in [2.05, 4.69) is 104 Å². The molecule has 0 radical (unpaired) electrons. The molecule has 0 amide bonds. The summed E-state index contributed by atoms with van der Waals surface area (Å²) in [7, 11) is 0. The highest BCUT2D eigenvalue weighted by atomic mass is 14.4. The lowest BCUT2D eigenvalue weighted by molar-refractivity contribution is 0.273. The van der Waals surface area contributed by atoms with Crippen molar-refractivity contribution in [1.29, 1.82) is 0 Å². The Morgan fingerprint density at radius 2 is 1.50 bits per heavy atom. The van der Waals surface area contributed by atoms with E-state index in [1.165, 1.54) is 48.8 Å². The van der Waals surface area contributed by atoms with Crippen molar-refractivity contribution in [3.05, 3.63) is 70.9 Å². The van der Waals surface area contributed by atoms with Gasteiger partial charge in [0.1, 0.15) is 0 Å². The van der Waals surface area contributed by atoms with Crippen LogP contribution in [0.2, 0.25) is 0 Å². The molecule has 0 heterocycles. The molecule has 1 aliphatic rings. The number of allylic oxidation sites excluding steroid dienone is 12. The standard InChI is InChI=1S/C30H48/c1-9-11-16-27-25(7)15-13-14-18-29(30(27)22-20-24(5)6)28(17-12-10-2)26(8)21-19-23(3)4/h9-12,19-22,25,27-29H,13-18H2,1-8H3/b11-9+,12-10+,26-21+,30-22-. The first-order valence-electron chi connectivity index (χ1n) is 12.2. The lowest BCUT2D eigenvalue weighted by Gasteiger charge is -2.38. The van der Waals surface area contributed by atoms with E-state index in [-0.39, 0.29) is 0 Å². The molecule has 0 nitrogen and oxygen atoms in total. The minimum absolute atomic E-state index is 0.576. The van der Waals surface area contributed by atoms with E-state index in [1.54, 1.807) is 5.57 Å². The predicted molar refractivity (Wildman–Crippen MR) is 138 cm³/mol. The fraction of sp³-hybridized carbons (Fsp3) is 0.600. The van der Waals surface area contributed by atoms with E-state index in [1.807, 2.05) is 0 Å². The Bertz CT molecular complexity index is 669. The summed E-state index contributed by atoms with van der Waals surface area (Å²) >= 11 is 0. The molecule has 1 fully saturated rings. The van der Waals surface area contributed by atoms with E-state index in [0.29, 0.717) is 17.8 Å². The number of rotatable bonds is 8. The molecule has 0 aromatic heterocycles. The number of hydrogen-bond acceptors (Lipinski definition) is 0. The molecule has 1 saturated carbocycles. The third-order valence-electron chi connectivity index (χ3n) is 6.58. The minimum atomic E-state index is 0.576. The Labute approximate surface area is 188 Å². The highest BCUT2D eigenvalue weighted by molar-refractivity contribution is 5.27. The van der Waals surface area contributed by atoms with Crippen molar-refractivity contribution in [2.75, 3.05) is 0 Å². The van der Waals surface area contributed by atoms with Gasteiger partial charge in [-0.05, 0) is 91.4 Å². The first kappa shape index (κ1) is 26.5. The van der Waals surface area contributed by atoms with Crippen LogP contribution >= 0.6 is 0 Å². The second kappa shape index (κ2) is 14.4. The fourth-order valence-electron chi connectivity index (χ4n) is 4.77. The van der Waals surface area contributed by atoms with Gasteiger partial charge >= 0.3 is 0 Å². The van der Waals surface area contributed by atoms with E-state index in [0.717, 1.165) is 12.3 Å². The molecule has 0 heteroatoms. The highest BCUT2D eigenvalue weighted by Gasteiger charge is 2.32. The summed E-state index contributed by atoms with van der Waals surface area (Å²) in [5, 5.41) is 0.